The molecular weight excluding hydrogens is 436 g/mol. The Bertz CT molecular complexity index is 777. The second-order valence-corrected chi connectivity index (χ2v) is 7.72. The molecule has 2 aromatic rings. The van der Waals surface area contributed by atoms with E-state index in [9.17, 15) is 4.79 Å². The summed E-state index contributed by atoms with van der Waals surface area (Å²) < 4.78 is 6.59. The van der Waals surface area contributed by atoms with Crippen LogP contribution in [0, 0.1) is 0 Å². The fraction of sp³-hybridized carbons (Fsp3) is 0.364. The lowest BCUT2D eigenvalue weighted by atomic mass is 10.2. The maximum absolute atomic E-state index is 12.5. The first-order valence-electron chi connectivity index (χ1n) is 9.61. The second kappa shape index (κ2) is 11.8. The van der Waals surface area contributed by atoms with Crippen LogP contribution in [-0.4, -0.2) is 35.6 Å². The van der Waals surface area contributed by atoms with E-state index in [0.29, 0.717) is 23.0 Å². The molecule has 0 radical (unpaired) electrons. The zero-order valence-corrected chi connectivity index (χ0v) is 18.8. The van der Waals surface area contributed by atoms with Crippen molar-refractivity contribution in [3.8, 4) is 5.75 Å². The van der Waals surface area contributed by atoms with Crippen LogP contribution in [0.1, 0.15) is 42.6 Å². The van der Waals surface area contributed by atoms with Gasteiger partial charge in [-0.3, -0.25) is 10.1 Å². The minimum atomic E-state index is -0.209. The van der Waals surface area contributed by atoms with E-state index in [1.807, 2.05) is 29.2 Å². The van der Waals surface area contributed by atoms with E-state index in [4.69, 9.17) is 17.0 Å². The van der Waals surface area contributed by atoms with Gasteiger partial charge in [-0.15, -0.1) is 0 Å². The van der Waals surface area contributed by atoms with Crippen molar-refractivity contribution in [1.82, 2.24) is 10.2 Å². The van der Waals surface area contributed by atoms with E-state index < -0.39 is 0 Å². The van der Waals surface area contributed by atoms with Gasteiger partial charge in [0.2, 0.25) is 0 Å². The standard InChI is InChI=1S/C22H27BrN2O2S/c1-3-13-25(14-4-2)22(28)24-21(26)18-10-11-20(19(23)16-18)27-15-12-17-8-6-5-7-9-17/h5-11,16H,3-4,12-15H2,1-2H3,(H,24,26,28). The normalized spacial score (nSPS) is 10.4. The third kappa shape index (κ3) is 6.91. The largest absolute Gasteiger partial charge is 0.492 e. The van der Waals surface area contributed by atoms with Crippen molar-refractivity contribution in [2.75, 3.05) is 19.7 Å². The van der Waals surface area contributed by atoms with E-state index in [1.165, 1.54) is 5.56 Å². The van der Waals surface area contributed by atoms with Gasteiger partial charge in [-0.1, -0.05) is 44.2 Å². The van der Waals surface area contributed by atoms with Crippen molar-refractivity contribution in [1.29, 1.82) is 0 Å². The molecule has 0 spiro atoms. The summed E-state index contributed by atoms with van der Waals surface area (Å²) in [6.45, 7) is 6.44. The molecule has 0 aliphatic heterocycles. The van der Waals surface area contributed by atoms with Gasteiger partial charge >= 0.3 is 0 Å². The summed E-state index contributed by atoms with van der Waals surface area (Å²) in [6.07, 6.45) is 2.79. The van der Waals surface area contributed by atoms with Gasteiger partial charge in [-0.25, -0.2) is 0 Å². The number of hydrogen-bond acceptors (Lipinski definition) is 3. The van der Waals surface area contributed by atoms with Crippen LogP contribution in [-0.2, 0) is 6.42 Å². The van der Waals surface area contributed by atoms with Crippen molar-refractivity contribution in [2.45, 2.75) is 33.1 Å². The lowest BCUT2D eigenvalue weighted by Crippen LogP contribution is -2.43. The fourth-order valence-electron chi connectivity index (χ4n) is 2.79. The van der Waals surface area contributed by atoms with Gasteiger partial charge in [0.15, 0.2) is 5.11 Å². The van der Waals surface area contributed by atoms with Crippen LogP contribution in [0.2, 0.25) is 0 Å². The number of benzene rings is 2. The topological polar surface area (TPSA) is 41.6 Å². The summed E-state index contributed by atoms with van der Waals surface area (Å²) in [7, 11) is 0. The van der Waals surface area contributed by atoms with Gasteiger partial charge in [0.05, 0.1) is 11.1 Å². The summed E-state index contributed by atoms with van der Waals surface area (Å²) in [4.78, 5) is 14.6. The van der Waals surface area contributed by atoms with Gasteiger partial charge < -0.3 is 9.64 Å². The predicted octanol–water partition coefficient (Wildman–Crippen LogP) is 5.21. The third-order valence-electron chi connectivity index (χ3n) is 4.18. The number of ether oxygens (including phenoxy) is 1. The quantitative estimate of drug-likeness (QED) is 0.519. The van der Waals surface area contributed by atoms with E-state index in [0.717, 1.165) is 36.8 Å². The van der Waals surface area contributed by atoms with Crippen molar-refractivity contribution in [2.24, 2.45) is 0 Å². The first kappa shape index (κ1) is 22.4. The van der Waals surface area contributed by atoms with Crippen LogP contribution in [0.25, 0.3) is 0 Å². The van der Waals surface area contributed by atoms with Crippen LogP contribution in [0.15, 0.2) is 53.0 Å². The molecule has 0 fully saturated rings. The average Bonchev–Trinajstić information content (AvgIpc) is 2.69. The Balaban J connectivity index is 1.92. The summed E-state index contributed by atoms with van der Waals surface area (Å²) in [5.41, 5.74) is 1.77. The Labute approximate surface area is 181 Å². The number of halogens is 1. The summed E-state index contributed by atoms with van der Waals surface area (Å²) in [5, 5.41) is 3.31. The smallest absolute Gasteiger partial charge is 0.257 e. The lowest BCUT2D eigenvalue weighted by Gasteiger charge is -2.24. The van der Waals surface area contributed by atoms with Crippen LogP contribution in [0.5, 0.6) is 5.75 Å². The fourth-order valence-corrected chi connectivity index (χ4v) is 3.55. The summed E-state index contributed by atoms with van der Waals surface area (Å²) >= 11 is 8.90. The molecule has 0 heterocycles. The molecule has 28 heavy (non-hydrogen) atoms. The minimum Gasteiger partial charge on any atom is -0.492 e. The molecule has 0 atom stereocenters. The number of carbonyl (C=O) groups is 1. The Morgan fingerprint density at radius 3 is 2.39 bits per heavy atom. The van der Waals surface area contributed by atoms with E-state index >= 15 is 0 Å². The Hall–Kier alpha value is -1.92. The number of nitrogens with one attached hydrogen (secondary N) is 1. The monoisotopic (exact) mass is 462 g/mol. The summed E-state index contributed by atoms with van der Waals surface area (Å²) in [6, 6.07) is 15.5. The van der Waals surface area contributed by atoms with E-state index in [1.54, 1.807) is 12.1 Å². The highest BCUT2D eigenvalue weighted by Crippen LogP contribution is 2.26. The number of nitrogens with zero attached hydrogens (tertiary/aromatic N) is 1. The third-order valence-corrected chi connectivity index (χ3v) is 5.16. The molecule has 150 valence electrons. The first-order chi connectivity index (χ1) is 13.5. The first-order valence-corrected chi connectivity index (χ1v) is 10.8. The molecule has 4 nitrogen and oxygen atoms in total. The number of thiocarbonyl (C=S) groups is 1. The molecular formula is C22H27BrN2O2S. The molecule has 0 saturated heterocycles. The summed E-state index contributed by atoms with van der Waals surface area (Å²) in [5.74, 6) is 0.507. The van der Waals surface area contributed by atoms with Crippen LogP contribution >= 0.6 is 28.1 Å². The molecule has 0 bridgehead atoms. The minimum absolute atomic E-state index is 0.209. The van der Waals surface area contributed by atoms with Gasteiger partial charge in [-0.2, -0.15) is 0 Å². The molecule has 2 aromatic carbocycles. The Morgan fingerprint density at radius 2 is 1.79 bits per heavy atom. The molecule has 0 aromatic heterocycles. The maximum atomic E-state index is 12.5. The SMILES string of the molecule is CCCN(CCC)C(=S)NC(=O)c1ccc(OCCc2ccccc2)c(Br)c1. The maximum Gasteiger partial charge on any atom is 0.257 e. The lowest BCUT2D eigenvalue weighted by molar-refractivity contribution is 0.0973. The number of carbonyl (C=O) groups excluding carboxylic acids is 1. The van der Waals surface area contributed by atoms with Crippen LogP contribution < -0.4 is 10.1 Å². The predicted molar refractivity (Wildman–Crippen MR) is 122 cm³/mol. The van der Waals surface area contributed by atoms with Gasteiger partial charge in [0.25, 0.3) is 5.91 Å². The van der Waals surface area contributed by atoms with Crippen molar-refractivity contribution in [3.63, 3.8) is 0 Å². The Kier molecular flexibility index (Phi) is 9.44. The van der Waals surface area contributed by atoms with Gasteiger partial charge in [-0.05, 0) is 64.8 Å². The van der Waals surface area contributed by atoms with Gasteiger partial charge in [0.1, 0.15) is 5.75 Å². The zero-order chi connectivity index (χ0) is 20.4. The molecule has 6 heteroatoms. The van der Waals surface area contributed by atoms with Crippen molar-refractivity contribution >= 4 is 39.2 Å². The van der Waals surface area contributed by atoms with Crippen molar-refractivity contribution in [3.05, 3.63) is 64.1 Å². The van der Waals surface area contributed by atoms with E-state index in [2.05, 4.69) is 47.2 Å². The number of rotatable bonds is 9. The molecule has 0 unspecified atom stereocenters. The van der Waals surface area contributed by atoms with Gasteiger partial charge in [0, 0.05) is 25.1 Å². The molecule has 1 amide bonds. The highest BCUT2D eigenvalue weighted by molar-refractivity contribution is 9.10. The highest BCUT2D eigenvalue weighted by atomic mass is 79.9. The Morgan fingerprint density at radius 1 is 1.11 bits per heavy atom. The molecule has 0 saturated carbocycles. The average molecular weight is 463 g/mol. The number of hydrogen-bond donors (Lipinski definition) is 1. The van der Waals surface area contributed by atoms with Crippen LogP contribution in [0.3, 0.4) is 0 Å². The van der Waals surface area contributed by atoms with Crippen molar-refractivity contribution < 1.29 is 9.53 Å². The molecule has 0 aliphatic rings. The molecule has 2 rings (SSSR count). The molecule has 0 aliphatic carbocycles. The zero-order valence-electron chi connectivity index (χ0n) is 16.4. The van der Waals surface area contributed by atoms with E-state index in [-0.39, 0.29) is 5.91 Å². The second-order valence-electron chi connectivity index (χ2n) is 6.48. The highest BCUT2D eigenvalue weighted by Gasteiger charge is 2.14. The molecule has 1 N–H and O–H groups in total. The number of amides is 1. The van der Waals surface area contributed by atoms with Crippen LogP contribution in [0.4, 0.5) is 0 Å².